The Kier molecular flexibility index (Phi) is 5.24. The smallest absolute Gasteiger partial charge is 0.123 e. The van der Waals surface area contributed by atoms with E-state index in [9.17, 15) is 0 Å². The van der Waals surface area contributed by atoms with Crippen LogP contribution in [0.1, 0.15) is 36.1 Å². The molecule has 0 amide bonds. The molecule has 2 aliphatic heterocycles. The molecule has 1 atom stereocenters. The molecule has 1 fully saturated rings. The molecule has 23 heavy (non-hydrogen) atoms. The van der Waals surface area contributed by atoms with Crippen molar-refractivity contribution in [3.8, 4) is 5.75 Å². The number of likely N-dealkylation sites (N-methyl/N-ethyl adjacent to an activating group) is 2. The molecule has 1 saturated heterocycles. The van der Waals surface area contributed by atoms with Crippen molar-refractivity contribution in [1.82, 2.24) is 14.7 Å². The molecule has 0 saturated carbocycles. The van der Waals surface area contributed by atoms with Crippen LogP contribution in [0.3, 0.4) is 0 Å². The molecule has 4 nitrogen and oxygen atoms in total. The Morgan fingerprint density at radius 2 is 1.83 bits per heavy atom. The van der Waals surface area contributed by atoms with Gasteiger partial charge in [-0.05, 0) is 44.1 Å². The lowest BCUT2D eigenvalue weighted by Gasteiger charge is -2.36. The summed E-state index contributed by atoms with van der Waals surface area (Å²) in [6, 6.07) is 5.26. The van der Waals surface area contributed by atoms with Crippen molar-refractivity contribution in [2.75, 3.05) is 53.9 Å². The average molecular weight is 317 g/mol. The van der Waals surface area contributed by atoms with Gasteiger partial charge in [0.2, 0.25) is 0 Å². The number of piperazine rings is 1. The second-order valence-corrected chi connectivity index (χ2v) is 7.10. The minimum absolute atomic E-state index is 0.533. The molecule has 1 unspecified atom stereocenters. The van der Waals surface area contributed by atoms with Crippen LogP contribution in [0.5, 0.6) is 5.75 Å². The summed E-state index contributed by atoms with van der Waals surface area (Å²) in [5.74, 6) is 1.07. The van der Waals surface area contributed by atoms with Crippen LogP contribution in [0.15, 0.2) is 12.1 Å². The molecule has 0 spiro atoms. The third-order valence-electron chi connectivity index (χ3n) is 5.54. The number of hydrogen-bond donors (Lipinski definition) is 0. The van der Waals surface area contributed by atoms with E-state index in [1.807, 2.05) is 7.11 Å². The normalized spacial score (nSPS) is 23.7. The van der Waals surface area contributed by atoms with Crippen molar-refractivity contribution in [2.45, 2.75) is 32.4 Å². The van der Waals surface area contributed by atoms with Gasteiger partial charge in [-0.25, -0.2) is 0 Å². The Balaban J connectivity index is 1.84. The SMILES string of the molecule is CCC1c2cc(OC)c(CN3CCN(C)CC3)cc2CCN1C. The van der Waals surface area contributed by atoms with Gasteiger partial charge in [0.15, 0.2) is 0 Å². The summed E-state index contributed by atoms with van der Waals surface area (Å²) in [6.45, 7) is 9.07. The number of methoxy groups -OCH3 is 1. The average Bonchev–Trinajstić information content (AvgIpc) is 2.56. The first-order valence-corrected chi connectivity index (χ1v) is 8.93. The third-order valence-corrected chi connectivity index (χ3v) is 5.54. The van der Waals surface area contributed by atoms with Crippen molar-refractivity contribution in [3.05, 3.63) is 28.8 Å². The van der Waals surface area contributed by atoms with Gasteiger partial charge in [-0.2, -0.15) is 0 Å². The van der Waals surface area contributed by atoms with E-state index >= 15 is 0 Å². The van der Waals surface area contributed by atoms with Crippen molar-refractivity contribution >= 4 is 0 Å². The number of hydrogen-bond acceptors (Lipinski definition) is 4. The lowest BCUT2D eigenvalue weighted by atomic mass is 9.89. The molecule has 128 valence electrons. The number of rotatable bonds is 4. The maximum absolute atomic E-state index is 5.75. The zero-order valence-corrected chi connectivity index (χ0v) is 15.1. The van der Waals surface area contributed by atoms with E-state index in [-0.39, 0.29) is 0 Å². The quantitative estimate of drug-likeness (QED) is 0.849. The van der Waals surface area contributed by atoms with Gasteiger partial charge in [0.1, 0.15) is 5.75 Å². The highest BCUT2D eigenvalue weighted by molar-refractivity contribution is 5.45. The lowest BCUT2D eigenvalue weighted by molar-refractivity contribution is 0.147. The maximum atomic E-state index is 5.75. The number of ether oxygens (including phenoxy) is 1. The van der Waals surface area contributed by atoms with Gasteiger partial charge < -0.3 is 9.64 Å². The summed E-state index contributed by atoms with van der Waals surface area (Å²) in [5.41, 5.74) is 4.36. The molecule has 4 heteroatoms. The van der Waals surface area contributed by atoms with Gasteiger partial charge in [-0.3, -0.25) is 9.80 Å². The Morgan fingerprint density at radius 3 is 2.48 bits per heavy atom. The lowest BCUT2D eigenvalue weighted by Crippen LogP contribution is -2.44. The minimum atomic E-state index is 0.533. The first-order chi connectivity index (χ1) is 11.1. The molecule has 0 N–H and O–H groups in total. The first-order valence-electron chi connectivity index (χ1n) is 8.93. The third kappa shape index (κ3) is 3.54. The molecular weight excluding hydrogens is 286 g/mol. The van der Waals surface area contributed by atoms with Crippen LogP contribution in [0, 0.1) is 0 Å². The molecular formula is C19H31N3O. The Hall–Kier alpha value is -1.10. The molecule has 2 aliphatic rings. The zero-order chi connectivity index (χ0) is 16.4. The molecule has 2 heterocycles. The van der Waals surface area contributed by atoms with Gasteiger partial charge in [-0.1, -0.05) is 13.0 Å². The van der Waals surface area contributed by atoms with E-state index < -0.39 is 0 Å². The van der Waals surface area contributed by atoms with Crippen LogP contribution in [0.4, 0.5) is 0 Å². The van der Waals surface area contributed by atoms with Crippen LogP contribution >= 0.6 is 0 Å². The number of fused-ring (bicyclic) bond motifs is 1. The fraction of sp³-hybridized carbons (Fsp3) is 0.684. The second-order valence-electron chi connectivity index (χ2n) is 7.10. The van der Waals surface area contributed by atoms with E-state index in [1.165, 1.54) is 16.7 Å². The summed E-state index contributed by atoms with van der Waals surface area (Å²) in [5, 5.41) is 0. The fourth-order valence-electron chi connectivity index (χ4n) is 4.00. The largest absolute Gasteiger partial charge is 0.496 e. The van der Waals surface area contributed by atoms with Crippen LogP contribution < -0.4 is 4.74 Å². The molecule has 1 aromatic rings. The molecule has 0 aliphatic carbocycles. The molecule has 3 rings (SSSR count). The molecule has 0 radical (unpaired) electrons. The predicted molar refractivity (Wildman–Crippen MR) is 95.1 cm³/mol. The topological polar surface area (TPSA) is 19.0 Å². The highest BCUT2D eigenvalue weighted by atomic mass is 16.5. The summed E-state index contributed by atoms with van der Waals surface area (Å²) in [4.78, 5) is 7.43. The maximum Gasteiger partial charge on any atom is 0.123 e. The van der Waals surface area contributed by atoms with Gasteiger partial charge in [0.05, 0.1) is 7.11 Å². The second kappa shape index (κ2) is 7.20. The molecule has 1 aromatic carbocycles. The predicted octanol–water partition coefficient (Wildman–Crippen LogP) is 2.38. The highest BCUT2D eigenvalue weighted by Gasteiger charge is 2.25. The van der Waals surface area contributed by atoms with E-state index in [1.54, 1.807) is 0 Å². The Labute approximate surface area is 141 Å². The first kappa shape index (κ1) is 16.7. The van der Waals surface area contributed by atoms with Gasteiger partial charge in [-0.15, -0.1) is 0 Å². The van der Waals surface area contributed by atoms with E-state index in [0.717, 1.165) is 57.9 Å². The minimum Gasteiger partial charge on any atom is -0.496 e. The van der Waals surface area contributed by atoms with Crippen molar-refractivity contribution in [3.63, 3.8) is 0 Å². The van der Waals surface area contributed by atoms with Gasteiger partial charge >= 0.3 is 0 Å². The zero-order valence-electron chi connectivity index (χ0n) is 15.1. The van der Waals surface area contributed by atoms with Crippen molar-refractivity contribution < 1.29 is 4.74 Å². The van der Waals surface area contributed by atoms with Crippen LogP contribution in [0.2, 0.25) is 0 Å². The number of benzene rings is 1. The van der Waals surface area contributed by atoms with E-state index in [4.69, 9.17) is 4.74 Å². The van der Waals surface area contributed by atoms with Crippen molar-refractivity contribution in [1.29, 1.82) is 0 Å². The van der Waals surface area contributed by atoms with E-state index in [2.05, 4.69) is 47.9 Å². The van der Waals surface area contributed by atoms with Crippen LogP contribution in [-0.2, 0) is 13.0 Å². The van der Waals surface area contributed by atoms with Gasteiger partial charge in [0, 0.05) is 50.9 Å². The summed E-state index contributed by atoms with van der Waals surface area (Å²) in [6.07, 6.45) is 2.31. The summed E-state index contributed by atoms with van der Waals surface area (Å²) >= 11 is 0. The van der Waals surface area contributed by atoms with Crippen LogP contribution in [0.25, 0.3) is 0 Å². The number of nitrogens with zero attached hydrogens (tertiary/aromatic N) is 3. The van der Waals surface area contributed by atoms with E-state index in [0.29, 0.717) is 6.04 Å². The monoisotopic (exact) mass is 317 g/mol. The van der Waals surface area contributed by atoms with Crippen LogP contribution in [-0.4, -0.2) is 68.6 Å². The molecule has 0 bridgehead atoms. The standard InChI is InChI=1S/C19H31N3O/c1-5-18-17-13-19(23-4)16(12-15(17)6-7-21(18)3)14-22-10-8-20(2)9-11-22/h12-13,18H,5-11,14H2,1-4H3. The Morgan fingerprint density at radius 1 is 1.09 bits per heavy atom. The summed E-state index contributed by atoms with van der Waals surface area (Å²) in [7, 11) is 6.25. The highest BCUT2D eigenvalue weighted by Crippen LogP contribution is 2.36. The molecule has 0 aromatic heterocycles. The van der Waals surface area contributed by atoms with Gasteiger partial charge in [0.25, 0.3) is 0 Å². The summed E-state index contributed by atoms with van der Waals surface area (Å²) < 4.78 is 5.75. The fourth-order valence-corrected chi connectivity index (χ4v) is 4.00. The van der Waals surface area contributed by atoms with Crippen molar-refractivity contribution in [2.24, 2.45) is 0 Å². The Bertz CT molecular complexity index is 538.